The van der Waals surface area contributed by atoms with Gasteiger partial charge in [0.2, 0.25) is 0 Å². The molecule has 228 valence electrons. The third-order valence-electron chi connectivity index (χ3n) is 7.35. The largest absolute Gasteiger partial charge is 0.365 e. The Kier molecular flexibility index (Phi) is 11.2. The normalized spacial score (nSPS) is 20.8. The van der Waals surface area contributed by atoms with Crippen molar-refractivity contribution in [1.29, 1.82) is 0 Å². The molecule has 13 heteroatoms. The number of ether oxygens (including phenoxy) is 1. The van der Waals surface area contributed by atoms with Gasteiger partial charge in [-0.1, -0.05) is 60.7 Å². The highest BCUT2D eigenvalue weighted by atomic mass is 16.6. The fourth-order valence-electron chi connectivity index (χ4n) is 5.44. The van der Waals surface area contributed by atoms with Crippen LogP contribution in [-0.4, -0.2) is 75.6 Å². The fourth-order valence-corrected chi connectivity index (χ4v) is 5.44. The lowest BCUT2D eigenvalue weighted by molar-refractivity contribution is -0.443. The van der Waals surface area contributed by atoms with E-state index in [0.717, 1.165) is 69.2 Å². The van der Waals surface area contributed by atoms with Crippen molar-refractivity contribution in [2.24, 2.45) is 0 Å². The highest BCUT2D eigenvalue weighted by Gasteiger charge is 2.50. The minimum Gasteiger partial charge on any atom is -0.365 e. The Morgan fingerprint density at radius 3 is 2.00 bits per heavy atom. The number of nitrogens with zero attached hydrogens (tertiary/aromatic N) is 5. The molecular weight excluding hydrogens is 556 g/mol. The first-order chi connectivity index (χ1) is 20.9. The third kappa shape index (κ3) is 8.38. The third-order valence-corrected chi connectivity index (χ3v) is 7.35. The lowest BCUT2D eigenvalue weighted by atomic mass is 10.2. The molecule has 0 aliphatic carbocycles. The predicted molar refractivity (Wildman–Crippen MR) is 157 cm³/mol. The Bertz CT molecular complexity index is 1310. The Morgan fingerprint density at radius 2 is 1.44 bits per heavy atom. The molecule has 1 N–H and O–H groups in total. The molecule has 0 amide bonds. The van der Waals surface area contributed by atoms with Crippen molar-refractivity contribution in [2.45, 2.75) is 51.1 Å². The van der Waals surface area contributed by atoms with Gasteiger partial charge in [0, 0.05) is 52.1 Å². The van der Waals surface area contributed by atoms with E-state index in [1.54, 1.807) is 0 Å². The van der Waals surface area contributed by atoms with Gasteiger partial charge >= 0.3 is 5.70 Å². The van der Waals surface area contributed by atoms with E-state index in [2.05, 4.69) is 27.2 Å². The smallest absolute Gasteiger partial charge is 0.314 e. The van der Waals surface area contributed by atoms with Crippen LogP contribution in [0.3, 0.4) is 0 Å². The minimum absolute atomic E-state index is 0.0227. The lowest BCUT2D eigenvalue weighted by Gasteiger charge is -2.32. The second-order valence-corrected chi connectivity index (χ2v) is 10.3. The summed E-state index contributed by atoms with van der Waals surface area (Å²) in [5, 5.41) is 24.9. The number of unbranched alkanes of at least 4 members (excludes halogenated alkanes) is 1. The number of fused-ring (bicyclic) bond motifs is 4. The maximum Gasteiger partial charge on any atom is 0.314 e. The second-order valence-electron chi connectivity index (χ2n) is 10.3. The van der Waals surface area contributed by atoms with Gasteiger partial charge in [-0.05, 0) is 24.0 Å². The number of nitrogens with one attached hydrogen (secondary N) is 1. The average molecular weight is 593 g/mol. The fraction of sp³-hybridized carbons (Fsp3) is 0.400. The molecule has 0 unspecified atom stereocenters. The zero-order chi connectivity index (χ0) is 30.6. The summed E-state index contributed by atoms with van der Waals surface area (Å²) in [5.41, 5.74) is 2.58. The number of hydrogen-bond acceptors (Lipinski definition) is 11. The van der Waals surface area contributed by atoms with Gasteiger partial charge in [-0.2, -0.15) is 0 Å². The van der Waals surface area contributed by atoms with Gasteiger partial charge in [0.1, 0.15) is 18.8 Å². The summed E-state index contributed by atoms with van der Waals surface area (Å²) < 4.78 is 5.78. The Balaban J connectivity index is 0.000000171. The quantitative estimate of drug-likeness (QED) is 0.198. The summed E-state index contributed by atoms with van der Waals surface area (Å²) in [6.45, 7) is 4.59. The van der Waals surface area contributed by atoms with E-state index in [0.29, 0.717) is 31.8 Å². The van der Waals surface area contributed by atoms with Crippen molar-refractivity contribution in [3.63, 3.8) is 0 Å². The van der Waals surface area contributed by atoms with Crippen molar-refractivity contribution >= 4 is 12.6 Å². The molecule has 43 heavy (non-hydrogen) atoms. The molecule has 0 radical (unpaired) electrons. The summed E-state index contributed by atoms with van der Waals surface area (Å²) >= 11 is 0. The average Bonchev–Trinajstić information content (AvgIpc) is 3.74. The van der Waals surface area contributed by atoms with Crippen LogP contribution in [0.25, 0.3) is 0 Å². The Labute approximate surface area is 249 Å². The van der Waals surface area contributed by atoms with Crippen LogP contribution >= 0.6 is 0 Å². The maximum absolute atomic E-state index is 11.5. The number of carbonyl (C=O) groups is 2. The van der Waals surface area contributed by atoms with Crippen molar-refractivity contribution in [3.8, 4) is 0 Å². The van der Waals surface area contributed by atoms with Gasteiger partial charge in [-0.15, -0.1) is 0 Å². The highest BCUT2D eigenvalue weighted by Crippen LogP contribution is 2.41. The molecule has 4 heterocycles. The standard InChI is InChI=1S/C15H17N3O3.C11H13N3O2.C4H6O2/c19-18(20)14-12-6-7-13(21-12)17-9-8-16(15(14)17)10-11-4-2-1-3-5-11;15-14(16)9-11-12-6-7-13(11)8-10-4-2-1-3-5-10;5-3-1-2-4-6/h1-5,12-13H,6-10H2;1-5,9,12H,6-8H2;3-4H,1-2H2/b;11-9+;/t12-,13+;;/m1../s1. The maximum atomic E-state index is 11.5. The van der Waals surface area contributed by atoms with Crippen LogP contribution < -0.4 is 5.32 Å². The molecule has 0 spiro atoms. The van der Waals surface area contributed by atoms with Gasteiger partial charge in [0.05, 0.1) is 9.85 Å². The van der Waals surface area contributed by atoms with Crippen molar-refractivity contribution in [2.75, 3.05) is 26.2 Å². The van der Waals surface area contributed by atoms with E-state index < -0.39 is 4.92 Å². The van der Waals surface area contributed by atoms with Crippen LogP contribution in [-0.2, 0) is 27.4 Å². The number of hydrogen-bond donors (Lipinski definition) is 1. The molecule has 2 bridgehead atoms. The Morgan fingerprint density at radius 1 is 0.837 bits per heavy atom. The number of benzene rings is 2. The molecule has 4 aliphatic heterocycles. The van der Waals surface area contributed by atoms with Gasteiger partial charge < -0.3 is 34.3 Å². The monoisotopic (exact) mass is 592 g/mol. The molecule has 3 saturated heterocycles. The van der Waals surface area contributed by atoms with E-state index >= 15 is 0 Å². The molecule has 2 aromatic carbocycles. The van der Waals surface area contributed by atoms with E-state index in [4.69, 9.17) is 4.74 Å². The van der Waals surface area contributed by atoms with Crippen molar-refractivity contribution < 1.29 is 24.2 Å². The molecule has 13 nitrogen and oxygen atoms in total. The first kappa shape index (κ1) is 31.2. The van der Waals surface area contributed by atoms with Crippen LogP contribution in [0.4, 0.5) is 0 Å². The van der Waals surface area contributed by atoms with Gasteiger partial charge in [-0.3, -0.25) is 20.2 Å². The number of rotatable bonds is 9. The van der Waals surface area contributed by atoms with Crippen LogP contribution in [0, 0.1) is 20.2 Å². The van der Waals surface area contributed by atoms with E-state index in [1.165, 1.54) is 5.56 Å². The van der Waals surface area contributed by atoms with Gasteiger partial charge in [0.15, 0.2) is 17.7 Å². The zero-order valence-corrected chi connectivity index (χ0v) is 23.8. The summed E-state index contributed by atoms with van der Waals surface area (Å²) in [7, 11) is 0. The molecule has 0 saturated carbocycles. The van der Waals surface area contributed by atoms with Crippen LogP contribution in [0.15, 0.2) is 84.2 Å². The summed E-state index contributed by atoms with van der Waals surface area (Å²) in [6.07, 6.45) is 4.53. The predicted octanol–water partition coefficient (Wildman–Crippen LogP) is 3.10. The summed E-state index contributed by atoms with van der Waals surface area (Å²) in [6, 6.07) is 20.0. The molecular formula is C30H36N6O7. The number of carbonyl (C=O) groups excluding carboxylic acids is 2. The van der Waals surface area contributed by atoms with Crippen LogP contribution in [0.1, 0.15) is 36.8 Å². The highest BCUT2D eigenvalue weighted by molar-refractivity contribution is 5.58. The molecule has 0 aromatic heterocycles. The van der Waals surface area contributed by atoms with Gasteiger partial charge in [0.25, 0.3) is 6.20 Å². The SMILES string of the molecule is O=CCCC=O.O=[N+]([O-])/C=C1\NCCN1Cc1ccccc1.O=[N+]([O-])C1=C2N(Cc3ccccc3)CCN2[C@@H]2CC[C@H]1O2. The summed E-state index contributed by atoms with van der Waals surface area (Å²) in [5.74, 6) is 1.37. The minimum atomic E-state index is -0.425. The van der Waals surface area contributed by atoms with Crippen LogP contribution in [0.5, 0.6) is 0 Å². The molecule has 6 rings (SSSR count). The van der Waals surface area contributed by atoms with E-state index in [1.807, 2.05) is 53.4 Å². The molecule has 2 aromatic rings. The molecule has 2 atom stereocenters. The second kappa shape index (κ2) is 15.4. The van der Waals surface area contributed by atoms with Crippen LogP contribution in [0.2, 0.25) is 0 Å². The zero-order valence-electron chi connectivity index (χ0n) is 23.8. The molecule has 4 aliphatic rings. The van der Waals surface area contributed by atoms with E-state index in [9.17, 15) is 29.8 Å². The first-order valence-electron chi connectivity index (χ1n) is 14.3. The summed E-state index contributed by atoms with van der Waals surface area (Å²) in [4.78, 5) is 46.2. The van der Waals surface area contributed by atoms with Crippen molar-refractivity contribution in [1.82, 2.24) is 20.0 Å². The molecule has 3 fully saturated rings. The van der Waals surface area contributed by atoms with E-state index in [-0.39, 0.29) is 23.0 Å². The topological polar surface area (TPSA) is 151 Å². The number of nitro groups is 2. The Hall–Kier alpha value is -4.78. The lowest BCUT2D eigenvalue weighted by Crippen LogP contribution is -2.41. The van der Waals surface area contributed by atoms with Gasteiger partial charge in [-0.25, -0.2) is 0 Å². The van der Waals surface area contributed by atoms with Crippen molar-refractivity contribution in [3.05, 3.63) is 116 Å². The first-order valence-corrected chi connectivity index (χ1v) is 14.3. The number of aldehydes is 2.